The van der Waals surface area contributed by atoms with Gasteiger partial charge in [-0.3, -0.25) is 4.79 Å². The van der Waals surface area contributed by atoms with E-state index >= 15 is 0 Å². The summed E-state index contributed by atoms with van der Waals surface area (Å²) in [6, 6.07) is 22.7. The Hall–Kier alpha value is -3.35. The summed E-state index contributed by atoms with van der Waals surface area (Å²) in [5.41, 5.74) is 12.5. The first-order valence-corrected chi connectivity index (χ1v) is 12.3. The topological polar surface area (TPSA) is 74.0 Å². The van der Waals surface area contributed by atoms with Crippen LogP contribution in [0.5, 0.6) is 5.75 Å². The van der Waals surface area contributed by atoms with Crippen molar-refractivity contribution in [3.05, 3.63) is 83.4 Å². The Balaban J connectivity index is 1.41. The molecule has 3 aromatic rings. The molecule has 0 aromatic heterocycles. The van der Waals surface area contributed by atoms with Crippen molar-refractivity contribution in [2.45, 2.75) is 44.6 Å². The lowest BCUT2D eigenvalue weighted by Gasteiger charge is -2.48. The fraction of sp³-hybridized carbons (Fsp3) is 0.345. The molecule has 2 fully saturated rings. The first-order valence-electron chi connectivity index (χ1n) is 12.3. The Morgan fingerprint density at radius 2 is 1.71 bits per heavy atom. The van der Waals surface area contributed by atoms with Crippen LogP contribution in [0.15, 0.2) is 66.7 Å². The van der Waals surface area contributed by atoms with Crippen LogP contribution in [0.2, 0.25) is 0 Å². The molecule has 0 saturated carbocycles. The molecule has 0 unspecified atom stereocenters. The average molecular weight is 473 g/mol. The minimum atomic E-state index is 0.114. The lowest BCUT2D eigenvalue weighted by molar-refractivity contribution is -0.158. The summed E-state index contributed by atoms with van der Waals surface area (Å²) in [5, 5.41) is 0. The van der Waals surface area contributed by atoms with Crippen LogP contribution in [0.1, 0.15) is 36.0 Å². The molecular weight excluding hydrogens is 440 g/mol. The molecule has 35 heavy (non-hydrogen) atoms. The third-order valence-electron chi connectivity index (χ3n) is 7.15. The van der Waals surface area contributed by atoms with Gasteiger partial charge in [0.05, 0.1) is 12.2 Å². The second kappa shape index (κ2) is 10.5. The highest BCUT2D eigenvalue weighted by Gasteiger charge is 2.41. The zero-order valence-corrected chi connectivity index (χ0v) is 19.9. The van der Waals surface area contributed by atoms with Gasteiger partial charge in [0.1, 0.15) is 19.0 Å². The summed E-state index contributed by atoms with van der Waals surface area (Å²) in [5.74, 6) is 0.716. The van der Waals surface area contributed by atoms with Gasteiger partial charge in [0.2, 0.25) is 0 Å². The molecule has 182 valence electrons. The van der Waals surface area contributed by atoms with Gasteiger partial charge in [0.25, 0.3) is 6.47 Å². The minimum absolute atomic E-state index is 0.114. The lowest BCUT2D eigenvalue weighted by Crippen LogP contribution is -2.52. The Bertz CT molecular complexity index is 1160. The zero-order chi connectivity index (χ0) is 24.1. The molecule has 2 heterocycles. The van der Waals surface area contributed by atoms with Crippen LogP contribution in [0.3, 0.4) is 0 Å². The molecule has 0 aliphatic carbocycles. The molecule has 5 rings (SSSR count). The van der Waals surface area contributed by atoms with Crippen LogP contribution in [-0.2, 0) is 34.0 Å². The Labute approximate surface area is 206 Å². The molecule has 1 spiro atoms. The maximum Gasteiger partial charge on any atom is 0.293 e. The Kier molecular flexibility index (Phi) is 7.02. The summed E-state index contributed by atoms with van der Waals surface area (Å²) >= 11 is 0. The minimum Gasteiger partial charge on any atom is -0.488 e. The van der Waals surface area contributed by atoms with Crippen molar-refractivity contribution in [2.75, 3.05) is 24.6 Å². The first-order chi connectivity index (χ1) is 17.2. The van der Waals surface area contributed by atoms with Gasteiger partial charge in [-0.25, -0.2) is 0 Å². The molecule has 2 saturated heterocycles. The molecule has 0 radical (unpaired) electrons. The van der Waals surface area contributed by atoms with E-state index in [0.717, 1.165) is 60.4 Å². The zero-order valence-electron chi connectivity index (χ0n) is 19.9. The Morgan fingerprint density at radius 3 is 2.46 bits per heavy atom. The van der Waals surface area contributed by atoms with Gasteiger partial charge in [-0.1, -0.05) is 36.4 Å². The number of hydrogen-bond donors (Lipinski definition) is 1. The maximum absolute atomic E-state index is 10.7. The van der Waals surface area contributed by atoms with Gasteiger partial charge in [0.15, 0.2) is 0 Å². The highest BCUT2D eigenvalue weighted by molar-refractivity contribution is 5.70. The number of anilines is 1. The van der Waals surface area contributed by atoms with Crippen molar-refractivity contribution in [3.8, 4) is 16.9 Å². The van der Waals surface area contributed by atoms with E-state index in [1.54, 1.807) is 0 Å². The largest absolute Gasteiger partial charge is 0.488 e. The van der Waals surface area contributed by atoms with Crippen molar-refractivity contribution < 1.29 is 19.0 Å². The summed E-state index contributed by atoms with van der Waals surface area (Å²) < 4.78 is 17.1. The van der Waals surface area contributed by atoms with E-state index in [1.807, 2.05) is 24.3 Å². The van der Waals surface area contributed by atoms with Crippen LogP contribution >= 0.6 is 0 Å². The molecule has 2 aliphatic heterocycles. The summed E-state index contributed by atoms with van der Waals surface area (Å²) in [6.07, 6.45) is 3.31. The van der Waals surface area contributed by atoms with Gasteiger partial charge >= 0.3 is 0 Å². The number of carbonyl (C=O) groups is 1. The van der Waals surface area contributed by atoms with Gasteiger partial charge in [-0.2, -0.15) is 0 Å². The molecule has 2 N–H and O–H groups in total. The van der Waals surface area contributed by atoms with Crippen molar-refractivity contribution in [3.63, 3.8) is 0 Å². The molecule has 0 atom stereocenters. The number of piperidine rings is 1. The molecule has 6 heteroatoms. The van der Waals surface area contributed by atoms with Crippen LogP contribution in [0.25, 0.3) is 11.1 Å². The van der Waals surface area contributed by atoms with Gasteiger partial charge in [-0.05, 0) is 71.8 Å². The van der Waals surface area contributed by atoms with E-state index in [4.69, 9.17) is 19.9 Å². The van der Waals surface area contributed by atoms with E-state index in [1.165, 1.54) is 12.1 Å². The van der Waals surface area contributed by atoms with Gasteiger partial charge in [-0.15, -0.1) is 0 Å². The monoisotopic (exact) mass is 472 g/mol. The van der Waals surface area contributed by atoms with Crippen LogP contribution in [0, 0.1) is 0 Å². The van der Waals surface area contributed by atoms with Crippen LogP contribution < -0.4 is 15.4 Å². The number of benzene rings is 3. The predicted molar refractivity (Wildman–Crippen MR) is 136 cm³/mol. The standard InChI is InChI=1S/C29H32N2O4/c30-18-22-4-3-6-24(14-22)26-15-23(19-34-28-7-2-1-5-25(28)20-33-21-32)16-27(17-26)31-11-8-29(9-12-31)10-13-35-29/h1-7,14-17,21H,8-13,18-20,30H2. The molecular formula is C29H32N2O4. The molecule has 2 aliphatic rings. The number of nitrogens with two attached hydrogens (primary N) is 1. The molecule has 6 nitrogen and oxygen atoms in total. The van der Waals surface area contributed by atoms with Crippen molar-refractivity contribution in [1.82, 2.24) is 0 Å². The number of hydrogen-bond acceptors (Lipinski definition) is 6. The smallest absolute Gasteiger partial charge is 0.293 e. The van der Waals surface area contributed by atoms with E-state index in [2.05, 4.69) is 47.4 Å². The van der Waals surface area contributed by atoms with Crippen LogP contribution in [-0.4, -0.2) is 31.8 Å². The highest BCUT2D eigenvalue weighted by atomic mass is 16.5. The van der Waals surface area contributed by atoms with E-state index < -0.39 is 0 Å². The summed E-state index contributed by atoms with van der Waals surface area (Å²) in [6.45, 7) is 4.44. The van der Waals surface area contributed by atoms with Crippen molar-refractivity contribution in [1.29, 1.82) is 0 Å². The third-order valence-corrected chi connectivity index (χ3v) is 7.15. The van der Waals surface area contributed by atoms with E-state index in [9.17, 15) is 4.79 Å². The lowest BCUT2D eigenvalue weighted by atomic mass is 9.84. The van der Waals surface area contributed by atoms with Crippen LogP contribution in [0.4, 0.5) is 5.69 Å². The second-order valence-electron chi connectivity index (χ2n) is 9.36. The van der Waals surface area contributed by atoms with Crippen molar-refractivity contribution >= 4 is 12.2 Å². The van der Waals surface area contributed by atoms with Gasteiger partial charge < -0.3 is 24.8 Å². The number of para-hydroxylation sites is 1. The number of ether oxygens (including phenoxy) is 3. The second-order valence-corrected chi connectivity index (χ2v) is 9.36. The van der Waals surface area contributed by atoms with Crippen molar-refractivity contribution in [2.24, 2.45) is 5.73 Å². The van der Waals surface area contributed by atoms with E-state index in [-0.39, 0.29) is 12.2 Å². The SMILES string of the molecule is NCc1cccc(-c2cc(COc3ccccc3COC=O)cc(N3CCC4(CCO4)CC3)c2)c1. The van der Waals surface area contributed by atoms with E-state index in [0.29, 0.717) is 25.4 Å². The normalized spacial score (nSPS) is 16.5. The fourth-order valence-electron chi connectivity index (χ4n) is 4.99. The molecule has 3 aromatic carbocycles. The first kappa shape index (κ1) is 23.4. The maximum atomic E-state index is 10.7. The quantitative estimate of drug-likeness (QED) is 0.450. The predicted octanol–water partition coefficient (Wildman–Crippen LogP) is 4.82. The third kappa shape index (κ3) is 5.34. The average Bonchev–Trinajstić information content (AvgIpc) is 2.90. The molecule has 0 amide bonds. The highest BCUT2D eigenvalue weighted by Crippen LogP contribution is 2.39. The summed E-state index contributed by atoms with van der Waals surface area (Å²) in [7, 11) is 0. The summed E-state index contributed by atoms with van der Waals surface area (Å²) in [4.78, 5) is 13.1. The number of nitrogens with zero attached hydrogens (tertiary/aromatic N) is 1. The van der Waals surface area contributed by atoms with Gasteiger partial charge in [0, 0.05) is 30.9 Å². The Morgan fingerprint density at radius 1 is 0.914 bits per heavy atom. The molecule has 0 bridgehead atoms. The number of rotatable bonds is 9. The fourth-order valence-corrected chi connectivity index (χ4v) is 4.99. The number of carbonyl (C=O) groups excluding carboxylic acids is 1.